The molecule has 0 saturated heterocycles. The zero-order chi connectivity index (χ0) is 9.10. The molecule has 13 heavy (non-hydrogen) atoms. The van der Waals surface area contributed by atoms with Gasteiger partial charge in [-0.05, 0) is 12.0 Å². The van der Waals surface area contributed by atoms with Crippen LogP contribution >= 0.6 is 0 Å². The Morgan fingerprint density at radius 3 is 3.31 bits per heavy atom. The Balaban J connectivity index is 2.28. The molecule has 0 amide bonds. The Labute approximate surface area is 79.0 Å². The molecule has 1 aliphatic carbocycles. The van der Waals surface area contributed by atoms with Crippen LogP contribution in [0.2, 0.25) is 0 Å². The lowest BCUT2D eigenvalue weighted by atomic mass is 10.1. The third kappa shape index (κ3) is 1.83. The average molecular weight is 176 g/mol. The first kappa shape index (κ1) is 8.57. The van der Waals surface area contributed by atoms with Gasteiger partial charge in [0.15, 0.2) is 0 Å². The van der Waals surface area contributed by atoms with E-state index in [1.807, 2.05) is 6.42 Å². The molecule has 0 atom stereocenters. The molecule has 0 aromatic carbocycles. The van der Waals surface area contributed by atoms with E-state index >= 15 is 0 Å². The first-order valence-corrected chi connectivity index (χ1v) is 4.69. The zero-order valence-corrected chi connectivity index (χ0v) is 7.84. The molecule has 2 aliphatic rings. The van der Waals surface area contributed by atoms with E-state index in [0.717, 1.165) is 18.7 Å². The van der Waals surface area contributed by atoms with E-state index in [2.05, 4.69) is 30.5 Å². The largest absolute Gasteiger partial charge is 0.482 e. The molecule has 2 heteroatoms. The second-order valence-electron chi connectivity index (χ2n) is 3.20. The number of nitrogens with one attached hydrogen (secondary N) is 1. The Bertz CT molecular complexity index is 286. The second-order valence-corrected chi connectivity index (χ2v) is 3.20. The molecule has 0 fully saturated rings. The molecule has 1 N–H and O–H groups in total. The summed E-state index contributed by atoms with van der Waals surface area (Å²) in [4.78, 5) is 0. The highest BCUT2D eigenvalue weighted by Crippen LogP contribution is 2.21. The zero-order valence-electron chi connectivity index (χ0n) is 7.84. The third-order valence-corrected chi connectivity index (χ3v) is 2.29. The van der Waals surface area contributed by atoms with Gasteiger partial charge in [-0.3, -0.25) is 5.32 Å². The molecule has 0 bridgehead atoms. The lowest BCUT2D eigenvalue weighted by Gasteiger charge is -2.18. The number of allylic oxidation sites excluding steroid dienone is 3. The lowest BCUT2D eigenvalue weighted by Crippen LogP contribution is -2.26. The molecule has 0 spiro atoms. The van der Waals surface area contributed by atoms with E-state index in [1.54, 1.807) is 0 Å². The minimum atomic E-state index is 0.623. The third-order valence-electron chi connectivity index (χ3n) is 2.29. The average Bonchev–Trinajstić information content (AvgIpc) is 2.38. The first-order chi connectivity index (χ1) is 6.40. The van der Waals surface area contributed by atoms with E-state index in [4.69, 9.17) is 4.74 Å². The molecule has 1 heterocycles. The fourth-order valence-corrected chi connectivity index (χ4v) is 1.52. The Morgan fingerprint density at radius 2 is 2.46 bits per heavy atom. The summed E-state index contributed by atoms with van der Waals surface area (Å²) >= 11 is 0. The standard InChI is InChI=1S/C11H14NO/c1-2-9-4-3-5-11-10(6-9)7-12-8-13-11/h3-6,12H,2,7-8H2,1H3. The van der Waals surface area contributed by atoms with Crippen molar-refractivity contribution in [1.29, 1.82) is 0 Å². The Hall–Kier alpha value is -1.02. The normalized spacial score (nSPS) is 21.8. The van der Waals surface area contributed by atoms with Crippen LogP contribution in [-0.2, 0) is 4.74 Å². The maximum Gasteiger partial charge on any atom is 0.139 e. The SMILES string of the molecule is CCC1=CC2=C([CH]C=C1)OCNC2. The van der Waals surface area contributed by atoms with Crippen molar-refractivity contribution in [3.8, 4) is 0 Å². The summed E-state index contributed by atoms with van der Waals surface area (Å²) in [6, 6.07) is 0. The van der Waals surface area contributed by atoms with Crippen molar-refractivity contribution < 1.29 is 4.74 Å². The summed E-state index contributed by atoms with van der Waals surface area (Å²) in [5.41, 5.74) is 2.61. The summed E-state index contributed by atoms with van der Waals surface area (Å²) in [5.74, 6) is 1.01. The van der Waals surface area contributed by atoms with Crippen molar-refractivity contribution in [2.24, 2.45) is 0 Å². The highest BCUT2D eigenvalue weighted by Gasteiger charge is 2.12. The van der Waals surface area contributed by atoms with Gasteiger partial charge < -0.3 is 4.74 Å². The van der Waals surface area contributed by atoms with Crippen LogP contribution in [0.3, 0.4) is 0 Å². The molecule has 0 aromatic rings. The monoisotopic (exact) mass is 176 g/mol. The number of rotatable bonds is 1. The number of hydrogen-bond donors (Lipinski definition) is 1. The van der Waals surface area contributed by atoms with Crippen molar-refractivity contribution in [3.63, 3.8) is 0 Å². The topological polar surface area (TPSA) is 21.3 Å². The number of hydrogen-bond acceptors (Lipinski definition) is 2. The van der Waals surface area contributed by atoms with Crippen LogP contribution < -0.4 is 5.32 Å². The van der Waals surface area contributed by atoms with E-state index in [-0.39, 0.29) is 0 Å². The second kappa shape index (κ2) is 3.79. The van der Waals surface area contributed by atoms with Gasteiger partial charge in [0.25, 0.3) is 0 Å². The van der Waals surface area contributed by atoms with Gasteiger partial charge in [0.05, 0.1) is 0 Å². The van der Waals surface area contributed by atoms with Gasteiger partial charge in [-0.25, -0.2) is 0 Å². The molecule has 0 aromatic heterocycles. The maximum atomic E-state index is 5.47. The molecule has 0 saturated carbocycles. The summed E-state index contributed by atoms with van der Waals surface area (Å²) in [6.45, 7) is 3.70. The van der Waals surface area contributed by atoms with Gasteiger partial charge in [0.1, 0.15) is 12.5 Å². The molecular weight excluding hydrogens is 162 g/mol. The molecule has 2 rings (SSSR count). The van der Waals surface area contributed by atoms with Crippen LogP contribution in [0.1, 0.15) is 13.3 Å². The summed E-state index contributed by atoms with van der Waals surface area (Å²) in [5, 5.41) is 3.18. The quantitative estimate of drug-likeness (QED) is 0.659. The number of ether oxygens (including phenoxy) is 1. The Morgan fingerprint density at radius 1 is 1.54 bits per heavy atom. The minimum Gasteiger partial charge on any atom is -0.482 e. The lowest BCUT2D eigenvalue weighted by molar-refractivity contribution is 0.180. The van der Waals surface area contributed by atoms with Gasteiger partial charge in [0.2, 0.25) is 0 Å². The minimum absolute atomic E-state index is 0.623. The van der Waals surface area contributed by atoms with Crippen LogP contribution in [0.4, 0.5) is 0 Å². The van der Waals surface area contributed by atoms with Crippen LogP contribution in [-0.4, -0.2) is 13.3 Å². The highest BCUT2D eigenvalue weighted by atomic mass is 16.5. The van der Waals surface area contributed by atoms with E-state index in [0.29, 0.717) is 6.73 Å². The highest BCUT2D eigenvalue weighted by molar-refractivity contribution is 5.41. The molecular formula is C11H14NO. The van der Waals surface area contributed by atoms with Gasteiger partial charge in [-0.2, -0.15) is 0 Å². The van der Waals surface area contributed by atoms with E-state index < -0.39 is 0 Å². The summed E-state index contributed by atoms with van der Waals surface area (Å²) in [6.07, 6.45) is 9.52. The van der Waals surface area contributed by atoms with Crippen LogP contribution in [0.25, 0.3) is 0 Å². The van der Waals surface area contributed by atoms with Gasteiger partial charge in [-0.1, -0.05) is 25.2 Å². The van der Waals surface area contributed by atoms with Crippen molar-refractivity contribution in [2.75, 3.05) is 13.3 Å². The Kier molecular flexibility index (Phi) is 2.50. The molecule has 0 unspecified atom stereocenters. The molecule has 1 radical (unpaired) electrons. The van der Waals surface area contributed by atoms with Crippen LogP contribution in [0.15, 0.2) is 35.1 Å². The smallest absolute Gasteiger partial charge is 0.139 e. The fraction of sp³-hybridized carbons (Fsp3) is 0.364. The summed E-state index contributed by atoms with van der Waals surface area (Å²) in [7, 11) is 0. The predicted molar refractivity (Wildman–Crippen MR) is 52.8 cm³/mol. The van der Waals surface area contributed by atoms with Gasteiger partial charge >= 0.3 is 0 Å². The van der Waals surface area contributed by atoms with Crippen molar-refractivity contribution in [3.05, 3.63) is 41.6 Å². The molecule has 1 aliphatic heterocycles. The van der Waals surface area contributed by atoms with Crippen LogP contribution in [0.5, 0.6) is 0 Å². The molecule has 2 nitrogen and oxygen atoms in total. The first-order valence-electron chi connectivity index (χ1n) is 4.69. The van der Waals surface area contributed by atoms with Gasteiger partial charge in [-0.15, -0.1) is 0 Å². The van der Waals surface area contributed by atoms with E-state index in [9.17, 15) is 0 Å². The van der Waals surface area contributed by atoms with Crippen molar-refractivity contribution in [1.82, 2.24) is 5.32 Å². The van der Waals surface area contributed by atoms with Crippen molar-refractivity contribution >= 4 is 0 Å². The summed E-state index contributed by atoms with van der Waals surface area (Å²) < 4.78 is 5.47. The van der Waals surface area contributed by atoms with E-state index in [1.165, 1.54) is 11.1 Å². The van der Waals surface area contributed by atoms with Gasteiger partial charge in [0, 0.05) is 18.5 Å². The van der Waals surface area contributed by atoms with Crippen molar-refractivity contribution in [2.45, 2.75) is 13.3 Å². The predicted octanol–water partition coefficient (Wildman–Crippen LogP) is 1.93. The maximum absolute atomic E-state index is 5.47. The van der Waals surface area contributed by atoms with Crippen LogP contribution in [0, 0.1) is 6.42 Å². The molecule has 69 valence electrons. The fourth-order valence-electron chi connectivity index (χ4n) is 1.52.